The van der Waals surface area contributed by atoms with Crippen LogP contribution in [0.3, 0.4) is 0 Å². The first-order valence-corrected chi connectivity index (χ1v) is 5.41. The van der Waals surface area contributed by atoms with Crippen LogP contribution in [0, 0.1) is 17.8 Å². The van der Waals surface area contributed by atoms with Gasteiger partial charge in [-0.2, -0.15) is 0 Å². The van der Waals surface area contributed by atoms with Crippen molar-refractivity contribution in [2.45, 2.75) is 33.8 Å². The molecule has 1 aliphatic heterocycles. The summed E-state index contributed by atoms with van der Waals surface area (Å²) in [4.78, 5) is 2.39. The summed E-state index contributed by atoms with van der Waals surface area (Å²) >= 11 is 0. The van der Waals surface area contributed by atoms with E-state index < -0.39 is 0 Å². The lowest BCUT2D eigenvalue weighted by Gasteiger charge is -2.22. The fourth-order valence-electron chi connectivity index (χ4n) is 1.87. The van der Waals surface area contributed by atoms with Crippen molar-refractivity contribution in [3.63, 3.8) is 0 Å². The third-order valence-corrected chi connectivity index (χ3v) is 3.28. The largest absolute Gasteiger partial charge is 0.392 e. The lowest BCUT2D eigenvalue weighted by Crippen LogP contribution is -2.33. The molecule has 0 bridgehead atoms. The van der Waals surface area contributed by atoms with Gasteiger partial charge in [-0.1, -0.05) is 27.7 Å². The summed E-state index contributed by atoms with van der Waals surface area (Å²) in [6, 6.07) is 0. The Morgan fingerprint density at radius 2 is 1.69 bits per heavy atom. The van der Waals surface area contributed by atoms with Crippen LogP contribution in [0.5, 0.6) is 0 Å². The van der Waals surface area contributed by atoms with E-state index in [4.69, 9.17) is 0 Å². The van der Waals surface area contributed by atoms with Gasteiger partial charge in [-0.25, -0.2) is 0 Å². The number of hydrogen-bond donors (Lipinski definition) is 1. The Balaban J connectivity index is 2.31. The molecule has 3 atom stereocenters. The number of rotatable bonds is 3. The highest BCUT2D eigenvalue weighted by Gasteiger charge is 2.27. The molecule has 1 rings (SSSR count). The molecule has 2 heteroatoms. The molecular weight excluding hydrogens is 162 g/mol. The molecular formula is C11H23NO. The van der Waals surface area contributed by atoms with Gasteiger partial charge < -0.3 is 10.0 Å². The zero-order valence-corrected chi connectivity index (χ0v) is 9.33. The minimum absolute atomic E-state index is 0.155. The van der Waals surface area contributed by atoms with Gasteiger partial charge in [0.1, 0.15) is 0 Å². The molecule has 2 nitrogen and oxygen atoms in total. The lowest BCUT2D eigenvalue weighted by atomic mass is 10.0. The summed E-state index contributed by atoms with van der Waals surface area (Å²) in [6.07, 6.45) is -0.155. The lowest BCUT2D eigenvalue weighted by molar-refractivity contribution is 0.0837. The van der Waals surface area contributed by atoms with Gasteiger partial charge in [0.2, 0.25) is 0 Å². The smallest absolute Gasteiger partial charge is 0.0689 e. The van der Waals surface area contributed by atoms with Gasteiger partial charge in [0.05, 0.1) is 6.10 Å². The molecule has 0 saturated carbocycles. The Hall–Kier alpha value is -0.0800. The monoisotopic (exact) mass is 185 g/mol. The highest BCUT2D eigenvalue weighted by atomic mass is 16.3. The molecule has 0 aliphatic carbocycles. The van der Waals surface area contributed by atoms with E-state index in [2.05, 4.69) is 32.6 Å². The number of β-amino-alcohol motifs (C(OH)–C–C–N with tert-alkyl or cyclic N) is 1. The Bertz CT molecular complexity index is 148. The second-order valence-corrected chi connectivity index (χ2v) is 4.98. The highest BCUT2D eigenvalue weighted by Crippen LogP contribution is 2.22. The van der Waals surface area contributed by atoms with Crippen LogP contribution in [0.25, 0.3) is 0 Å². The van der Waals surface area contributed by atoms with Gasteiger partial charge in [-0.15, -0.1) is 0 Å². The Labute approximate surface area is 81.9 Å². The van der Waals surface area contributed by atoms with Crippen molar-refractivity contribution in [2.75, 3.05) is 19.6 Å². The second kappa shape index (κ2) is 4.43. The van der Waals surface area contributed by atoms with Crippen LogP contribution >= 0.6 is 0 Å². The average molecular weight is 185 g/mol. The molecule has 3 unspecified atom stereocenters. The normalized spacial score (nSPS) is 32.8. The Morgan fingerprint density at radius 3 is 2.08 bits per heavy atom. The van der Waals surface area contributed by atoms with E-state index in [0.29, 0.717) is 5.92 Å². The fourth-order valence-corrected chi connectivity index (χ4v) is 1.87. The molecule has 1 heterocycles. The van der Waals surface area contributed by atoms with Crippen molar-refractivity contribution in [2.24, 2.45) is 17.8 Å². The van der Waals surface area contributed by atoms with Crippen LogP contribution in [0.15, 0.2) is 0 Å². The number of aliphatic hydroxyl groups excluding tert-OH is 1. The van der Waals surface area contributed by atoms with Crippen LogP contribution in [-0.4, -0.2) is 35.7 Å². The quantitative estimate of drug-likeness (QED) is 0.722. The molecule has 0 aromatic carbocycles. The van der Waals surface area contributed by atoms with Crippen LogP contribution in [0.1, 0.15) is 27.7 Å². The molecule has 78 valence electrons. The number of likely N-dealkylation sites (tertiary alicyclic amines) is 1. The standard InChI is InChI=1S/C11H23NO/c1-8(2)11(13)7-12-5-9(3)10(4)6-12/h8-11,13H,5-7H2,1-4H3. The fraction of sp³-hybridized carbons (Fsp3) is 1.00. The van der Waals surface area contributed by atoms with E-state index in [1.165, 1.54) is 0 Å². The van der Waals surface area contributed by atoms with Gasteiger partial charge in [-0.3, -0.25) is 0 Å². The molecule has 1 saturated heterocycles. The summed E-state index contributed by atoms with van der Waals surface area (Å²) in [6.45, 7) is 11.9. The first-order chi connectivity index (χ1) is 6.00. The molecule has 0 aromatic rings. The maximum atomic E-state index is 9.72. The van der Waals surface area contributed by atoms with E-state index in [1.807, 2.05) is 0 Å². The first kappa shape index (κ1) is 11.0. The minimum Gasteiger partial charge on any atom is -0.392 e. The predicted molar refractivity (Wildman–Crippen MR) is 55.6 cm³/mol. The van der Waals surface area contributed by atoms with Crippen molar-refractivity contribution in [1.29, 1.82) is 0 Å². The maximum Gasteiger partial charge on any atom is 0.0689 e. The van der Waals surface area contributed by atoms with Crippen LogP contribution in [0.2, 0.25) is 0 Å². The molecule has 1 N–H and O–H groups in total. The number of hydrogen-bond acceptors (Lipinski definition) is 2. The third-order valence-electron chi connectivity index (χ3n) is 3.28. The van der Waals surface area contributed by atoms with Gasteiger partial charge in [0.25, 0.3) is 0 Å². The SMILES string of the molecule is CC(C)C(O)CN1CC(C)C(C)C1. The summed E-state index contributed by atoms with van der Waals surface area (Å²) in [5.74, 6) is 1.96. The van der Waals surface area contributed by atoms with Crippen molar-refractivity contribution < 1.29 is 5.11 Å². The van der Waals surface area contributed by atoms with Crippen molar-refractivity contribution in [3.05, 3.63) is 0 Å². The van der Waals surface area contributed by atoms with Crippen molar-refractivity contribution in [1.82, 2.24) is 4.90 Å². The highest BCUT2D eigenvalue weighted by molar-refractivity contribution is 4.80. The van der Waals surface area contributed by atoms with E-state index >= 15 is 0 Å². The topological polar surface area (TPSA) is 23.5 Å². The summed E-state index contributed by atoms with van der Waals surface area (Å²) < 4.78 is 0. The van der Waals surface area contributed by atoms with Crippen LogP contribution < -0.4 is 0 Å². The zero-order chi connectivity index (χ0) is 10.0. The average Bonchev–Trinajstić information content (AvgIpc) is 2.31. The van der Waals surface area contributed by atoms with Gasteiger partial charge >= 0.3 is 0 Å². The van der Waals surface area contributed by atoms with E-state index in [9.17, 15) is 5.11 Å². The Kier molecular flexibility index (Phi) is 3.74. The van der Waals surface area contributed by atoms with E-state index in [1.54, 1.807) is 0 Å². The number of nitrogens with zero attached hydrogens (tertiary/aromatic N) is 1. The van der Waals surface area contributed by atoms with E-state index in [-0.39, 0.29) is 6.10 Å². The second-order valence-electron chi connectivity index (χ2n) is 4.98. The summed E-state index contributed by atoms with van der Waals surface area (Å²) in [5.41, 5.74) is 0. The number of aliphatic hydroxyl groups is 1. The molecule has 0 amide bonds. The van der Waals surface area contributed by atoms with Gasteiger partial charge in [-0.05, 0) is 17.8 Å². The maximum absolute atomic E-state index is 9.72. The minimum atomic E-state index is -0.155. The van der Waals surface area contributed by atoms with Crippen molar-refractivity contribution >= 4 is 0 Å². The zero-order valence-electron chi connectivity index (χ0n) is 9.33. The van der Waals surface area contributed by atoms with Crippen LogP contribution in [0.4, 0.5) is 0 Å². The van der Waals surface area contributed by atoms with Crippen LogP contribution in [-0.2, 0) is 0 Å². The van der Waals surface area contributed by atoms with E-state index in [0.717, 1.165) is 31.5 Å². The molecule has 0 aromatic heterocycles. The Morgan fingerprint density at radius 1 is 1.23 bits per heavy atom. The molecule has 13 heavy (non-hydrogen) atoms. The van der Waals surface area contributed by atoms with Gasteiger partial charge in [0.15, 0.2) is 0 Å². The molecule has 1 fully saturated rings. The molecule has 1 aliphatic rings. The molecule has 0 radical (unpaired) electrons. The third kappa shape index (κ3) is 2.96. The summed E-state index contributed by atoms with van der Waals surface area (Å²) in [7, 11) is 0. The van der Waals surface area contributed by atoms with Gasteiger partial charge in [0, 0.05) is 19.6 Å². The van der Waals surface area contributed by atoms with Crippen molar-refractivity contribution in [3.8, 4) is 0 Å². The first-order valence-electron chi connectivity index (χ1n) is 5.41. The predicted octanol–water partition coefficient (Wildman–Crippen LogP) is 1.59. The molecule has 0 spiro atoms. The summed E-state index contributed by atoms with van der Waals surface area (Å²) in [5, 5.41) is 9.72.